The zero-order valence-corrected chi connectivity index (χ0v) is 26.5. The van der Waals surface area contributed by atoms with Crippen molar-refractivity contribution < 1.29 is 37.4 Å². The van der Waals surface area contributed by atoms with E-state index in [1.807, 2.05) is 0 Å². The van der Waals surface area contributed by atoms with E-state index in [0.717, 1.165) is 10.9 Å². The number of benzene rings is 1. The fraction of sp³-hybridized carbons (Fsp3) is 0.500. The van der Waals surface area contributed by atoms with Gasteiger partial charge in [0.2, 0.25) is 5.95 Å². The second kappa shape index (κ2) is 12.9. The first-order valence-electron chi connectivity index (χ1n) is 13.4. The van der Waals surface area contributed by atoms with Crippen molar-refractivity contribution in [3.05, 3.63) is 47.0 Å². The number of alkyl halides is 2. The first-order chi connectivity index (χ1) is 20.5. The highest BCUT2D eigenvalue weighted by atomic mass is 35.5. The predicted molar refractivity (Wildman–Crippen MR) is 159 cm³/mol. The molecule has 44 heavy (non-hydrogen) atoms. The summed E-state index contributed by atoms with van der Waals surface area (Å²) in [6, 6.07) is 6.83. The van der Waals surface area contributed by atoms with Gasteiger partial charge in [0.1, 0.15) is 23.5 Å². The van der Waals surface area contributed by atoms with Crippen molar-refractivity contribution >= 4 is 48.8 Å². The lowest BCUT2D eigenvalue weighted by atomic mass is 9.99. The number of aliphatic imine (C=N–C) groups is 1. The second-order valence-corrected chi connectivity index (χ2v) is 13.1. The molecule has 1 saturated heterocycles. The summed E-state index contributed by atoms with van der Waals surface area (Å²) in [5.74, 6) is -0.692. The zero-order valence-electron chi connectivity index (χ0n) is 24.8. The molecule has 1 fully saturated rings. The molecular formula is C26H34ClFN7O8P. The monoisotopic (exact) mass is 657 g/mol. The molecule has 3 heterocycles. The number of fused-ring (bicyclic) bond motifs is 1. The number of halogens is 2. The van der Waals surface area contributed by atoms with Crippen LogP contribution in [0.1, 0.15) is 33.9 Å². The summed E-state index contributed by atoms with van der Waals surface area (Å²) in [5, 5.41) is 10.5. The van der Waals surface area contributed by atoms with Gasteiger partial charge in [-0.05, 0) is 39.8 Å². The largest absolute Gasteiger partial charge is 0.462 e. The Balaban J connectivity index is 1.63. The van der Waals surface area contributed by atoms with Crippen molar-refractivity contribution in [2.24, 2.45) is 4.99 Å². The summed E-state index contributed by atoms with van der Waals surface area (Å²) in [6.45, 7) is 5.25. The van der Waals surface area contributed by atoms with Gasteiger partial charge >= 0.3 is 13.7 Å². The SMILES string of the molecule is CC(C)OC(=O)[C@@H](C)NP(=O)(OCC1(C)O[C@@H](n2cnc3c(=O)[nH]c(/N=C/N(C)C)nc32)[C@@](F)(Cl)[C@@H]1O)Oc1ccccc1. The summed E-state index contributed by atoms with van der Waals surface area (Å²) in [4.78, 5) is 41.4. The van der Waals surface area contributed by atoms with Crippen molar-refractivity contribution in [1.82, 2.24) is 29.5 Å². The Labute approximate surface area is 256 Å². The lowest BCUT2D eigenvalue weighted by Gasteiger charge is -2.30. The number of ether oxygens (including phenoxy) is 2. The molecule has 3 aromatic rings. The number of rotatable bonds is 12. The first kappa shape index (κ1) is 33.5. The van der Waals surface area contributed by atoms with Crippen LogP contribution in [0.15, 0.2) is 46.4 Å². The van der Waals surface area contributed by atoms with Crippen molar-refractivity contribution in [2.45, 2.75) is 62.9 Å². The summed E-state index contributed by atoms with van der Waals surface area (Å²) >= 11 is 6.22. The van der Waals surface area contributed by atoms with E-state index in [-0.39, 0.29) is 22.9 Å². The molecule has 1 aliphatic heterocycles. The van der Waals surface area contributed by atoms with Crippen LogP contribution in [-0.2, 0) is 23.4 Å². The molecule has 2 unspecified atom stereocenters. The normalized spacial score (nSPS) is 25.8. The van der Waals surface area contributed by atoms with E-state index in [9.17, 15) is 19.3 Å². The fourth-order valence-corrected chi connectivity index (χ4v) is 6.13. The highest BCUT2D eigenvalue weighted by molar-refractivity contribution is 7.52. The second-order valence-electron chi connectivity index (χ2n) is 10.8. The van der Waals surface area contributed by atoms with E-state index in [0.29, 0.717) is 0 Å². The van der Waals surface area contributed by atoms with E-state index in [1.54, 1.807) is 51.0 Å². The number of hydrogen-bond acceptors (Lipinski definition) is 11. The van der Waals surface area contributed by atoms with Crippen molar-refractivity contribution in [2.75, 3.05) is 20.7 Å². The van der Waals surface area contributed by atoms with E-state index in [4.69, 9.17) is 30.1 Å². The fourth-order valence-electron chi connectivity index (χ4n) is 4.16. The van der Waals surface area contributed by atoms with Crippen LogP contribution in [0.4, 0.5) is 10.3 Å². The molecule has 240 valence electrons. The van der Waals surface area contributed by atoms with Gasteiger partial charge in [-0.3, -0.25) is 23.7 Å². The average Bonchev–Trinajstić information content (AvgIpc) is 3.44. The Morgan fingerprint density at radius 2 is 2.05 bits per heavy atom. The van der Waals surface area contributed by atoms with Gasteiger partial charge in [-0.2, -0.15) is 10.1 Å². The smallest absolute Gasteiger partial charge is 0.459 e. The van der Waals surface area contributed by atoms with E-state index in [1.165, 1.54) is 32.3 Å². The third kappa shape index (κ3) is 7.28. The van der Waals surface area contributed by atoms with Gasteiger partial charge in [0.25, 0.3) is 10.7 Å². The van der Waals surface area contributed by atoms with Crippen LogP contribution in [-0.4, -0.2) is 91.5 Å². The Hall–Kier alpha value is -3.40. The molecule has 1 aromatic carbocycles. The Morgan fingerprint density at radius 1 is 1.36 bits per heavy atom. The average molecular weight is 658 g/mol. The summed E-state index contributed by atoms with van der Waals surface area (Å²) in [7, 11) is -0.987. The van der Waals surface area contributed by atoms with Crippen molar-refractivity contribution in [3.63, 3.8) is 0 Å². The quantitative estimate of drug-likeness (QED) is 0.0852. The minimum absolute atomic E-state index is 0.100. The summed E-state index contributed by atoms with van der Waals surface area (Å²) in [6.07, 6.45) is -1.81. The lowest BCUT2D eigenvalue weighted by molar-refractivity contribution is -0.149. The summed E-state index contributed by atoms with van der Waals surface area (Å²) in [5.41, 5.74) is -2.87. The molecule has 6 atom stereocenters. The molecule has 1 aliphatic rings. The number of aromatic amines is 1. The van der Waals surface area contributed by atoms with Gasteiger partial charge in [-0.1, -0.05) is 29.8 Å². The molecule has 0 radical (unpaired) electrons. The van der Waals surface area contributed by atoms with Gasteiger partial charge < -0.3 is 24.0 Å². The number of hydrogen-bond donors (Lipinski definition) is 3. The molecular weight excluding hydrogens is 624 g/mol. The number of para-hydroxylation sites is 1. The number of nitrogens with zero attached hydrogens (tertiary/aromatic N) is 5. The first-order valence-corrected chi connectivity index (χ1v) is 15.4. The number of carbonyl (C=O) groups is 1. The van der Waals surface area contributed by atoms with Gasteiger partial charge in [-0.25, -0.2) is 18.9 Å². The van der Waals surface area contributed by atoms with E-state index < -0.39 is 61.1 Å². The topological polar surface area (TPSA) is 182 Å². The van der Waals surface area contributed by atoms with Crippen LogP contribution in [0.3, 0.4) is 0 Å². The van der Waals surface area contributed by atoms with E-state index >= 15 is 4.39 Å². The zero-order chi connectivity index (χ0) is 32.4. The minimum atomic E-state index is -4.41. The maximum absolute atomic E-state index is 16.1. The molecule has 15 nitrogen and oxygen atoms in total. The van der Waals surface area contributed by atoms with Crippen LogP contribution >= 0.6 is 19.3 Å². The van der Waals surface area contributed by atoms with Gasteiger partial charge in [0.15, 0.2) is 17.4 Å². The Kier molecular flexibility index (Phi) is 9.83. The molecule has 4 rings (SSSR count). The third-order valence-electron chi connectivity index (χ3n) is 6.28. The number of nitrogens with one attached hydrogen (secondary N) is 2. The molecule has 3 N–H and O–H groups in total. The molecule has 0 amide bonds. The Morgan fingerprint density at radius 3 is 2.68 bits per heavy atom. The van der Waals surface area contributed by atoms with Crippen molar-refractivity contribution in [1.29, 1.82) is 0 Å². The molecule has 2 aromatic heterocycles. The molecule has 0 spiro atoms. The number of aliphatic hydroxyl groups excluding tert-OH is 1. The number of H-pyrrole nitrogens is 1. The number of carbonyl (C=O) groups excluding carboxylic acids is 1. The minimum Gasteiger partial charge on any atom is -0.462 e. The van der Waals surface area contributed by atoms with Crippen LogP contribution in [0.5, 0.6) is 5.75 Å². The number of aromatic nitrogens is 4. The molecule has 18 heteroatoms. The predicted octanol–water partition coefficient (Wildman–Crippen LogP) is 3.03. The molecule has 0 saturated carbocycles. The summed E-state index contributed by atoms with van der Waals surface area (Å²) < 4.78 is 53.4. The number of aliphatic hydroxyl groups is 1. The number of esters is 1. The molecule has 0 bridgehead atoms. The van der Waals surface area contributed by atoms with Crippen LogP contribution in [0, 0.1) is 0 Å². The van der Waals surface area contributed by atoms with Gasteiger partial charge in [-0.15, -0.1) is 0 Å². The maximum Gasteiger partial charge on any atom is 0.459 e. The maximum atomic E-state index is 16.1. The van der Waals surface area contributed by atoms with Gasteiger partial charge in [0, 0.05) is 14.1 Å². The highest BCUT2D eigenvalue weighted by Gasteiger charge is 2.64. The third-order valence-corrected chi connectivity index (χ3v) is 8.30. The van der Waals surface area contributed by atoms with Crippen molar-refractivity contribution in [3.8, 4) is 5.75 Å². The van der Waals surface area contributed by atoms with Crippen LogP contribution in [0.2, 0.25) is 0 Å². The van der Waals surface area contributed by atoms with E-state index in [2.05, 4.69) is 25.0 Å². The standard InChI is InChI=1S/C26H34ClFN7O8P/c1-15(2)41-21(37)16(3)33-44(39,43-17-10-8-7-9-11-17)40-12-25(4)22(38)26(27,28)23(42-25)35-14-29-18-19(35)31-24(32-20(18)36)30-13-34(5)6/h7-11,13-16,22-23,38H,12H2,1-6H3,(H,33,39)(H,31,32,36)/b30-13+/t16-,22-,23-,25?,26-,44?/m1/s1. The lowest BCUT2D eigenvalue weighted by Crippen LogP contribution is -2.47. The number of imidazole rings is 1. The van der Waals surface area contributed by atoms with Crippen LogP contribution < -0.4 is 15.2 Å². The van der Waals surface area contributed by atoms with Crippen LogP contribution in [0.25, 0.3) is 11.2 Å². The Bertz CT molecular complexity index is 1620. The van der Waals surface area contributed by atoms with Gasteiger partial charge in [0.05, 0.1) is 25.4 Å². The highest BCUT2D eigenvalue weighted by Crippen LogP contribution is 2.53. The molecule has 0 aliphatic carbocycles.